The third kappa shape index (κ3) is 3.34. The van der Waals surface area contributed by atoms with Crippen molar-refractivity contribution in [3.05, 3.63) is 34.1 Å². The minimum Gasteiger partial charge on any atom is -0.368 e. The summed E-state index contributed by atoms with van der Waals surface area (Å²) in [6.45, 7) is 1.79. The molecule has 1 unspecified atom stereocenters. The number of ketones is 1. The molecule has 0 bridgehead atoms. The van der Waals surface area contributed by atoms with Crippen molar-refractivity contribution in [2.45, 2.75) is 12.5 Å². The highest BCUT2D eigenvalue weighted by molar-refractivity contribution is 9.10. The highest BCUT2D eigenvalue weighted by atomic mass is 79.9. The SMILES string of the molecule is O=C(Cc1cc(Br)ccc1F)C1CNCCO1. The maximum absolute atomic E-state index is 13.5. The van der Waals surface area contributed by atoms with Crippen molar-refractivity contribution in [1.82, 2.24) is 5.32 Å². The Hall–Kier alpha value is -0.780. The standard InChI is InChI=1S/C12H13BrFNO2/c13-9-1-2-10(14)8(5-9)6-11(16)12-7-15-3-4-17-12/h1-2,5,12,15H,3-4,6-7H2. The number of hydrogen-bond acceptors (Lipinski definition) is 3. The van der Waals surface area contributed by atoms with Crippen molar-refractivity contribution in [3.8, 4) is 0 Å². The predicted octanol–water partition coefficient (Wildman–Crippen LogP) is 1.69. The summed E-state index contributed by atoms with van der Waals surface area (Å²) in [5, 5.41) is 3.08. The van der Waals surface area contributed by atoms with E-state index < -0.39 is 6.10 Å². The Labute approximate surface area is 107 Å². The Balaban J connectivity index is 2.04. The second-order valence-corrected chi connectivity index (χ2v) is 4.86. The van der Waals surface area contributed by atoms with Crippen LogP contribution >= 0.6 is 15.9 Å². The van der Waals surface area contributed by atoms with Crippen LogP contribution in [0.25, 0.3) is 0 Å². The summed E-state index contributed by atoms with van der Waals surface area (Å²) in [7, 11) is 0. The molecule has 1 aliphatic rings. The molecule has 0 aromatic heterocycles. The predicted molar refractivity (Wildman–Crippen MR) is 65.4 cm³/mol. The lowest BCUT2D eigenvalue weighted by atomic mass is 10.0. The lowest BCUT2D eigenvalue weighted by molar-refractivity contribution is -0.131. The van der Waals surface area contributed by atoms with Gasteiger partial charge in [0.25, 0.3) is 0 Å². The maximum Gasteiger partial charge on any atom is 0.167 e. The van der Waals surface area contributed by atoms with Gasteiger partial charge in [-0.15, -0.1) is 0 Å². The zero-order chi connectivity index (χ0) is 12.3. The molecule has 1 aromatic carbocycles. The number of hydrogen-bond donors (Lipinski definition) is 1. The van der Waals surface area contributed by atoms with E-state index in [1.807, 2.05) is 0 Å². The number of morpholine rings is 1. The fraction of sp³-hybridized carbons (Fsp3) is 0.417. The molecule has 0 amide bonds. The molecular formula is C12H13BrFNO2. The molecule has 0 spiro atoms. The van der Waals surface area contributed by atoms with Crippen LogP contribution in [0.2, 0.25) is 0 Å². The molecule has 1 saturated heterocycles. The Kier molecular flexibility index (Phi) is 4.25. The van der Waals surface area contributed by atoms with E-state index in [4.69, 9.17) is 4.74 Å². The molecule has 1 aromatic rings. The maximum atomic E-state index is 13.5. The number of ether oxygens (including phenoxy) is 1. The van der Waals surface area contributed by atoms with Crippen LogP contribution in [-0.2, 0) is 16.0 Å². The van der Waals surface area contributed by atoms with Gasteiger partial charge >= 0.3 is 0 Å². The lowest BCUT2D eigenvalue weighted by Crippen LogP contribution is -2.43. The topological polar surface area (TPSA) is 38.3 Å². The summed E-state index contributed by atoms with van der Waals surface area (Å²) in [6.07, 6.45) is -0.389. The number of nitrogens with one attached hydrogen (secondary N) is 1. The van der Waals surface area contributed by atoms with Gasteiger partial charge in [0.1, 0.15) is 11.9 Å². The first kappa shape index (κ1) is 12.7. The highest BCUT2D eigenvalue weighted by Crippen LogP contribution is 2.17. The van der Waals surface area contributed by atoms with E-state index in [0.29, 0.717) is 18.7 Å². The third-order valence-corrected chi connectivity index (χ3v) is 3.15. The molecule has 0 radical (unpaired) electrons. The average molecular weight is 302 g/mol. The molecule has 1 aliphatic heterocycles. The Bertz CT molecular complexity index is 419. The molecule has 1 atom stereocenters. The van der Waals surface area contributed by atoms with Crippen molar-refractivity contribution >= 4 is 21.7 Å². The van der Waals surface area contributed by atoms with Crippen molar-refractivity contribution in [2.24, 2.45) is 0 Å². The lowest BCUT2D eigenvalue weighted by Gasteiger charge is -2.22. The van der Waals surface area contributed by atoms with Crippen LogP contribution in [0.5, 0.6) is 0 Å². The molecule has 1 N–H and O–H groups in total. The first-order chi connectivity index (χ1) is 8.16. The molecule has 17 heavy (non-hydrogen) atoms. The van der Waals surface area contributed by atoms with Gasteiger partial charge in [0, 0.05) is 24.0 Å². The van der Waals surface area contributed by atoms with Crippen molar-refractivity contribution in [1.29, 1.82) is 0 Å². The number of carbonyl (C=O) groups excluding carboxylic acids is 1. The molecule has 3 nitrogen and oxygen atoms in total. The zero-order valence-electron chi connectivity index (χ0n) is 9.21. The van der Waals surface area contributed by atoms with Crippen LogP contribution in [0.1, 0.15) is 5.56 Å². The van der Waals surface area contributed by atoms with Crippen LogP contribution in [-0.4, -0.2) is 31.6 Å². The number of Topliss-reactive ketones (excluding diaryl/α,β-unsaturated/α-hetero) is 1. The van der Waals surface area contributed by atoms with Crippen molar-refractivity contribution in [3.63, 3.8) is 0 Å². The van der Waals surface area contributed by atoms with E-state index in [1.54, 1.807) is 12.1 Å². The normalized spacial score (nSPS) is 20.2. The van der Waals surface area contributed by atoms with Crippen LogP contribution in [0.15, 0.2) is 22.7 Å². The molecule has 0 saturated carbocycles. The molecular weight excluding hydrogens is 289 g/mol. The van der Waals surface area contributed by atoms with Gasteiger partial charge in [0.2, 0.25) is 0 Å². The average Bonchev–Trinajstić information content (AvgIpc) is 2.35. The largest absolute Gasteiger partial charge is 0.368 e. The summed E-state index contributed by atoms with van der Waals surface area (Å²) in [6, 6.07) is 4.60. The van der Waals surface area contributed by atoms with Crippen molar-refractivity contribution < 1.29 is 13.9 Å². The van der Waals surface area contributed by atoms with Crippen molar-refractivity contribution in [2.75, 3.05) is 19.7 Å². The molecule has 92 valence electrons. The smallest absolute Gasteiger partial charge is 0.167 e. The van der Waals surface area contributed by atoms with Gasteiger partial charge in [-0.2, -0.15) is 0 Å². The van der Waals surface area contributed by atoms with Gasteiger partial charge in [-0.3, -0.25) is 4.79 Å². The van der Waals surface area contributed by atoms with E-state index in [9.17, 15) is 9.18 Å². The van der Waals surface area contributed by atoms with Gasteiger partial charge < -0.3 is 10.1 Å². The van der Waals surface area contributed by atoms with Gasteiger partial charge in [0.05, 0.1) is 6.61 Å². The molecule has 1 fully saturated rings. The van der Waals surface area contributed by atoms with Gasteiger partial charge in [0.15, 0.2) is 5.78 Å². The molecule has 1 heterocycles. The van der Waals surface area contributed by atoms with Gasteiger partial charge in [-0.05, 0) is 23.8 Å². The van der Waals surface area contributed by atoms with Gasteiger partial charge in [-0.1, -0.05) is 15.9 Å². The highest BCUT2D eigenvalue weighted by Gasteiger charge is 2.22. The Morgan fingerprint density at radius 2 is 2.41 bits per heavy atom. The Morgan fingerprint density at radius 3 is 3.12 bits per heavy atom. The Morgan fingerprint density at radius 1 is 1.59 bits per heavy atom. The minimum absolute atomic E-state index is 0.0671. The van der Waals surface area contributed by atoms with E-state index in [1.165, 1.54) is 6.07 Å². The van der Waals surface area contributed by atoms with Crippen LogP contribution in [0.3, 0.4) is 0 Å². The summed E-state index contributed by atoms with van der Waals surface area (Å²) < 4.78 is 19.6. The first-order valence-corrected chi connectivity index (χ1v) is 6.25. The van der Waals surface area contributed by atoms with Crippen LogP contribution in [0, 0.1) is 5.82 Å². The summed E-state index contributed by atoms with van der Waals surface area (Å²) in [5.41, 5.74) is 0.401. The number of benzene rings is 1. The summed E-state index contributed by atoms with van der Waals surface area (Å²) in [4.78, 5) is 11.9. The number of carbonyl (C=O) groups is 1. The quantitative estimate of drug-likeness (QED) is 0.923. The third-order valence-electron chi connectivity index (χ3n) is 2.66. The monoisotopic (exact) mass is 301 g/mol. The molecule has 5 heteroatoms. The summed E-state index contributed by atoms with van der Waals surface area (Å²) >= 11 is 3.26. The van der Waals surface area contributed by atoms with E-state index >= 15 is 0 Å². The van der Waals surface area contributed by atoms with E-state index in [0.717, 1.165) is 11.0 Å². The fourth-order valence-electron chi connectivity index (χ4n) is 1.75. The fourth-order valence-corrected chi connectivity index (χ4v) is 2.16. The summed E-state index contributed by atoms with van der Waals surface area (Å²) in [5.74, 6) is -0.445. The van der Waals surface area contributed by atoms with E-state index in [-0.39, 0.29) is 18.0 Å². The number of halogens is 2. The van der Waals surface area contributed by atoms with E-state index in [2.05, 4.69) is 21.2 Å². The molecule has 2 rings (SSSR count). The second kappa shape index (κ2) is 5.71. The zero-order valence-corrected chi connectivity index (χ0v) is 10.8. The first-order valence-electron chi connectivity index (χ1n) is 5.46. The second-order valence-electron chi connectivity index (χ2n) is 3.94. The number of rotatable bonds is 3. The van der Waals surface area contributed by atoms with Crippen LogP contribution in [0.4, 0.5) is 4.39 Å². The molecule has 0 aliphatic carbocycles. The minimum atomic E-state index is -0.456. The van der Waals surface area contributed by atoms with Crippen LogP contribution < -0.4 is 5.32 Å². The van der Waals surface area contributed by atoms with Gasteiger partial charge in [-0.25, -0.2) is 4.39 Å².